The Balaban J connectivity index is 1.95. The zero-order valence-electron chi connectivity index (χ0n) is 16.2. The van der Waals surface area contributed by atoms with E-state index in [0.717, 1.165) is 32.9 Å². The van der Waals surface area contributed by atoms with Gasteiger partial charge in [0.1, 0.15) is 16.2 Å². The summed E-state index contributed by atoms with van der Waals surface area (Å²) in [5, 5.41) is 13.2. The number of hydrogen-bond acceptors (Lipinski definition) is 8. The molecule has 0 aliphatic heterocycles. The Kier molecular flexibility index (Phi) is 6.69. The lowest BCUT2D eigenvalue weighted by atomic mass is 10.1. The Hall–Kier alpha value is -2.39. The van der Waals surface area contributed by atoms with E-state index in [2.05, 4.69) is 20.5 Å². The van der Waals surface area contributed by atoms with Crippen molar-refractivity contribution in [3.63, 3.8) is 0 Å². The number of amides is 1. The topological polar surface area (TPSA) is 86.2 Å². The van der Waals surface area contributed by atoms with Crippen molar-refractivity contribution in [3.8, 4) is 22.8 Å². The molecule has 2 aromatic heterocycles. The van der Waals surface area contributed by atoms with E-state index in [9.17, 15) is 4.79 Å². The molecule has 0 spiro atoms. The monoisotopic (exact) mass is 418 g/mol. The van der Waals surface area contributed by atoms with Crippen LogP contribution in [0.5, 0.6) is 11.5 Å². The van der Waals surface area contributed by atoms with Gasteiger partial charge in [-0.05, 0) is 31.5 Å². The van der Waals surface area contributed by atoms with E-state index < -0.39 is 0 Å². The number of hydrogen-bond donors (Lipinski definition) is 1. The van der Waals surface area contributed by atoms with Crippen molar-refractivity contribution in [2.45, 2.75) is 25.3 Å². The van der Waals surface area contributed by atoms with Crippen molar-refractivity contribution in [1.29, 1.82) is 0 Å². The van der Waals surface area contributed by atoms with E-state index in [4.69, 9.17) is 9.47 Å². The van der Waals surface area contributed by atoms with Crippen LogP contribution in [0.1, 0.15) is 18.4 Å². The molecule has 0 saturated heterocycles. The first-order valence-electron chi connectivity index (χ1n) is 8.83. The number of carbonyl (C=O) groups excluding carboxylic acids is 1. The van der Waals surface area contributed by atoms with Crippen LogP contribution in [0, 0.1) is 6.92 Å². The van der Waals surface area contributed by atoms with E-state index in [1.54, 1.807) is 25.6 Å². The Morgan fingerprint density at radius 3 is 2.71 bits per heavy atom. The summed E-state index contributed by atoms with van der Waals surface area (Å²) in [5.41, 5.74) is 2.38. The van der Waals surface area contributed by atoms with Crippen LogP contribution in [0.25, 0.3) is 21.5 Å². The molecule has 3 rings (SSSR count). The highest BCUT2D eigenvalue weighted by Gasteiger charge is 2.18. The Labute approximate surface area is 171 Å². The molecule has 0 atom stereocenters. The molecule has 0 fully saturated rings. The minimum absolute atomic E-state index is 0.0160. The third kappa shape index (κ3) is 4.36. The second-order valence-electron chi connectivity index (χ2n) is 5.97. The molecule has 148 valence electrons. The summed E-state index contributed by atoms with van der Waals surface area (Å²) in [6.07, 6.45) is 0.908. The Bertz CT molecular complexity index is 991. The number of benzene rings is 1. The second kappa shape index (κ2) is 9.20. The number of thiazole rings is 1. The van der Waals surface area contributed by atoms with Crippen LogP contribution in [0.2, 0.25) is 0 Å². The van der Waals surface area contributed by atoms with Crippen molar-refractivity contribution in [2.75, 3.05) is 26.5 Å². The lowest BCUT2D eigenvalue weighted by molar-refractivity contribution is -0.118. The minimum atomic E-state index is -0.0160. The molecule has 28 heavy (non-hydrogen) atoms. The smallest absolute Gasteiger partial charge is 0.230 e. The molecule has 2 heterocycles. The zero-order chi connectivity index (χ0) is 20.1. The first-order valence-corrected chi connectivity index (χ1v) is 10.6. The molecule has 0 bridgehead atoms. The van der Waals surface area contributed by atoms with Gasteiger partial charge >= 0.3 is 0 Å². The highest BCUT2D eigenvalue weighted by atomic mass is 32.2. The summed E-state index contributed by atoms with van der Waals surface area (Å²) < 4.78 is 11.7. The molecule has 0 saturated carbocycles. The summed E-state index contributed by atoms with van der Waals surface area (Å²) in [5.74, 6) is 1.55. The van der Waals surface area contributed by atoms with Crippen LogP contribution in [0.15, 0.2) is 23.2 Å². The van der Waals surface area contributed by atoms with Crippen LogP contribution < -0.4 is 14.8 Å². The molecule has 7 nitrogen and oxygen atoms in total. The van der Waals surface area contributed by atoms with E-state index in [-0.39, 0.29) is 11.7 Å². The van der Waals surface area contributed by atoms with Crippen molar-refractivity contribution in [1.82, 2.24) is 20.5 Å². The predicted octanol–water partition coefficient (Wildman–Crippen LogP) is 3.70. The van der Waals surface area contributed by atoms with Crippen LogP contribution in [-0.2, 0) is 4.79 Å². The molecule has 0 aliphatic rings. The van der Waals surface area contributed by atoms with E-state index in [0.29, 0.717) is 23.1 Å². The SMILES string of the molecule is CCCNC(=O)CSc1nnc(-c2ccc(OC)c(OC)c2)c2sc(C)nc12. The summed E-state index contributed by atoms with van der Waals surface area (Å²) in [6, 6.07) is 5.64. The van der Waals surface area contributed by atoms with Gasteiger partial charge in [0.05, 0.1) is 29.7 Å². The van der Waals surface area contributed by atoms with Crippen molar-refractivity contribution < 1.29 is 14.3 Å². The summed E-state index contributed by atoms with van der Waals surface area (Å²) in [4.78, 5) is 16.5. The van der Waals surface area contributed by atoms with Gasteiger partial charge in [-0.15, -0.1) is 21.5 Å². The maximum absolute atomic E-state index is 11.9. The number of aryl methyl sites for hydroxylation is 1. The summed E-state index contributed by atoms with van der Waals surface area (Å²) >= 11 is 2.91. The molecule has 1 aromatic carbocycles. The third-order valence-corrected chi connectivity index (χ3v) is 5.89. The Morgan fingerprint density at radius 2 is 2.00 bits per heavy atom. The van der Waals surface area contributed by atoms with Crippen LogP contribution in [-0.4, -0.2) is 47.6 Å². The van der Waals surface area contributed by atoms with E-state index in [1.165, 1.54) is 11.8 Å². The molecule has 0 aliphatic carbocycles. The van der Waals surface area contributed by atoms with Crippen molar-refractivity contribution in [2.24, 2.45) is 0 Å². The summed E-state index contributed by atoms with van der Waals surface area (Å²) in [6.45, 7) is 4.65. The first kappa shape index (κ1) is 20.3. The van der Waals surface area contributed by atoms with Gasteiger partial charge in [0.25, 0.3) is 0 Å². The molecule has 3 aromatic rings. The number of fused-ring (bicyclic) bond motifs is 1. The Morgan fingerprint density at radius 1 is 1.21 bits per heavy atom. The maximum Gasteiger partial charge on any atom is 0.230 e. The molecule has 1 N–H and O–H groups in total. The number of nitrogens with zero attached hydrogens (tertiary/aromatic N) is 3. The quantitative estimate of drug-likeness (QED) is 0.558. The molecule has 1 amide bonds. The minimum Gasteiger partial charge on any atom is -0.493 e. The van der Waals surface area contributed by atoms with Gasteiger partial charge in [-0.25, -0.2) is 4.98 Å². The fourth-order valence-corrected chi connectivity index (χ4v) is 4.38. The molecular formula is C19H22N4O3S2. The highest BCUT2D eigenvalue weighted by Crippen LogP contribution is 2.38. The first-order chi connectivity index (χ1) is 13.6. The normalized spacial score (nSPS) is 10.9. The number of ether oxygens (including phenoxy) is 2. The number of nitrogens with one attached hydrogen (secondary N) is 1. The van der Waals surface area contributed by atoms with E-state index in [1.807, 2.05) is 32.0 Å². The van der Waals surface area contributed by atoms with Crippen LogP contribution in [0.3, 0.4) is 0 Å². The van der Waals surface area contributed by atoms with Gasteiger partial charge in [0.2, 0.25) is 5.91 Å². The largest absolute Gasteiger partial charge is 0.493 e. The molecule has 0 radical (unpaired) electrons. The molecule has 9 heteroatoms. The molecule has 0 unspecified atom stereocenters. The number of rotatable bonds is 8. The molecular weight excluding hydrogens is 396 g/mol. The lowest BCUT2D eigenvalue weighted by Crippen LogP contribution is -2.25. The van der Waals surface area contributed by atoms with Gasteiger partial charge in [-0.1, -0.05) is 18.7 Å². The number of carbonyl (C=O) groups is 1. The van der Waals surface area contributed by atoms with Crippen molar-refractivity contribution >= 4 is 39.2 Å². The van der Waals surface area contributed by atoms with Gasteiger partial charge in [0.15, 0.2) is 11.5 Å². The number of aromatic nitrogens is 3. The standard InChI is InChI=1S/C19H22N4O3S2/c1-5-8-20-15(24)10-27-19-17-18(28-11(2)21-17)16(22-23-19)12-6-7-13(25-3)14(9-12)26-4/h6-7,9H,5,8,10H2,1-4H3,(H,20,24). The highest BCUT2D eigenvalue weighted by molar-refractivity contribution is 8.00. The fourth-order valence-electron chi connectivity index (χ4n) is 2.64. The summed E-state index contributed by atoms with van der Waals surface area (Å²) in [7, 11) is 3.20. The van der Waals surface area contributed by atoms with Crippen molar-refractivity contribution in [3.05, 3.63) is 23.2 Å². The predicted molar refractivity (Wildman–Crippen MR) is 113 cm³/mol. The van der Waals surface area contributed by atoms with E-state index >= 15 is 0 Å². The number of methoxy groups -OCH3 is 2. The zero-order valence-corrected chi connectivity index (χ0v) is 17.9. The lowest BCUT2D eigenvalue weighted by Gasteiger charge is -2.10. The van der Waals surface area contributed by atoms with Crippen LogP contribution >= 0.6 is 23.1 Å². The van der Waals surface area contributed by atoms with Gasteiger partial charge < -0.3 is 14.8 Å². The van der Waals surface area contributed by atoms with Crippen LogP contribution in [0.4, 0.5) is 0 Å². The second-order valence-corrected chi connectivity index (χ2v) is 8.14. The maximum atomic E-state index is 11.9. The van der Waals surface area contributed by atoms with Gasteiger partial charge in [-0.3, -0.25) is 4.79 Å². The average molecular weight is 419 g/mol. The average Bonchev–Trinajstić information content (AvgIpc) is 3.11. The fraction of sp³-hybridized carbons (Fsp3) is 0.368. The number of thioether (sulfide) groups is 1. The third-order valence-electron chi connectivity index (χ3n) is 3.96. The van der Waals surface area contributed by atoms with Gasteiger partial charge in [0, 0.05) is 12.1 Å². The van der Waals surface area contributed by atoms with Gasteiger partial charge in [-0.2, -0.15) is 0 Å².